The summed E-state index contributed by atoms with van der Waals surface area (Å²) in [6.07, 6.45) is 1.67. The van der Waals surface area contributed by atoms with Crippen molar-refractivity contribution in [2.75, 3.05) is 19.0 Å². The van der Waals surface area contributed by atoms with E-state index in [2.05, 4.69) is 28.2 Å². The van der Waals surface area contributed by atoms with Crippen molar-refractivity contribution >= 4 is 21.8 Å². The zero-order chi connectivity index (χ0) is 13.4. The number of ether oxygens (including phenoxy) is 1. The predicted molar refractivity (Wildman–Crippen MR) is 77.4 cm³/mol. The molecule has 0 aliphatic rings. The van der Waals surface area contributed by atoms with Crippen molar-refractivity contribution in [1.29, 1.82) is 0 Å². The molecule has 0 saturated heterocycles. The number of benzene rings is 1. The van der Waals surface area contributed by atoms with Crippen LogP contribution in [-0.2, 0) is 11.2 Å². The van der Waals surface area contributed by atoms with E-state index < -0.39 is 0 Å². The van der Waals surface area contributed by atoms with Crippen LogP contribution < -0.4 is 5.32 Å². The fourth-order valence-corrected chi connectivity index (χ4v) is 2.25. The Bertz CT molecular complexity index is 382. The van der Waals surface area contributed by atoms with Gasteiger partial charge in [0.2, 0.25) is 0 Å². The van der Waals surface area contributed by atoms with Gasteiger partial charge in [-0.25, -0.2) is 0 Å². The minimum Gasteiger partial charge on any atom is -0.385 e. The summed E-state index contributed by atoms with van der Waals surface area (Å²) >= 11 is 3.41. The van der Waals surface area contributed by atoms with Gasteiger partial charge in [0.05, 0.1) is 0 Å². The van der Waals surface area contributed by atoms with Gasteiger partial charge in [0, 0.05) is 30.7 Å². The van der Waals surface area contributed by atoms with Crippen LogP contribution in [0, 0.1) is 0 Å². The number of aryl methyl sites for hydroxylation is 1. The van der Waals surface area contributed by atoms with Gasteiger partial charge in [0.25, 0.3) is 5.91 Å². The molecule has 0 aliphatic heterocycles. The Labute approximate surface area is 117 Å². The lowest BCUT2D eigenvalue weighted by atomic mass is 10.0. The van der Waals surface area contributed by atoms with E-state index in [1.54, 1.807) is 7.11 Å². The SMILES string of the molecule is CCc1ccccc1C(=O)NC(CBr)CCOC. The molecule has 3 nitrogen and oxygen atoms in total. The number of carbonyl (C=O) groups excluding carboxylic acids is 1. The second-order valence-electron chi connectivity index (χ2n) is 4.12. The largest absolute Gasteiger partial charge is 0.385 e. The molecule has 1 aromatic carbocycles. The van der Waals surface area contributed by atoms with Crippen LogP contribution in [0.4, 0.5) is 0 Å². The van der Waals surface area contributed by atoms with Crippen LogP contribution in [0.1, 0.15) is 29.3 Å². The van der Waals surface area contributed by atoms with E-state index in [-0.39, 0.29) is 11.9 Å². The molecule has 1 amide bonds. The molecular weight excluding hydrogens is 294 g/mol. The zero-order valence-corrected chi connectivity index (χ0v) is 12.5. The molecule has 1 atom stereocenters. The molecule has 18 heavy (non-hydrogen) atoms. The van der Waals surface area contributed by atoms with E-state index in [0.29, 0.717) is 6.61 Å². The third kappa shape index (κ3) is 4.42. The van der Waals surface area contributed by atoms with Crippen molar-refractivity contribution in [1.82, 2.24) is 5.32 Å². The minimum absolute atomic E-state index is 0.00648. The second kappa shape index (κ2) is 8.27. The minimum atomic E-state index is -0.00648. The van der Waals surface area contributed by atoms with Crippen LogP contribution in [0.2, 0.25) is 0 Å². The van der Waals surface area contributed by atoms with Crippen LogP contribution in [0.25, 0.3) is 0 Å². The monoisotopic (exact) mass is 313 g/mol. The Hall–Kier alpha value is -0.870. The number of alkyl halides is 1. The molecule has 4 heteroatoms. The standard InChI is InChI=1S/C14H20BrNO2/c1-3-11-6-4-5-7-13(11)14(17)16-12(10-15)8-9-18-2/h4-7,12H,3,8-10H2,1-2H3,(H,16,17). The highest BCUT2D eigenvalue weighted by Crippen LogP contribution is 2.10. The van der Waals surface area contributed by atoms with Crippen molar-refractivity contribution < 1.29 is 9.53 Å². The lowest BCUT2D eigenvalue weighted by Crippen LogP contribution is -2.37. The molecule has 0 radical (unpaired) electrons. The van der Waals surface area contributed by atoms with E-state index >= 15 is 0 Å². The van der Waals surface area contributed by atoms with Gasteiger partial charge in [-0.1, -0.05) is 41.1 Å². The number of halogens is 1. The Kier molecular flexibility index (Phi) is 6.98. The Balaban J connectivity index is 2.68. The molecule has 0 aliphatic carbocycles. The van der Waals surface area contributed by atoms with Gasteiger partial charge in [0.1, 0.15) is 0 Å². The number of methoxy groups -OCH3 is 1. The summed E-state index contributed by atoms with van der Waals surface area (Å²) in [6, 6.07) is 7.82. The summed E-state index contributed by atoms with van der Waals surface area (Å²) in [7, 11) is 1.67. The van der Waals surface area contributed by atoms with Crippen molar-refractivity contribution in [2.45, 2.75) is 25.8 Å². The molecule has 0 heterocycles. The van der Waals surface area contributed by atoms with Gasteiger partial charge in [-0.3, -0.25) is 4.79 Å². The molecule has 0 bridgehead atoms. The van der Waals surface area contributed by atoms with Crippen LogP contribution in [0.5, 0.6) is 0 Å². The smallest absolute Gasteiger partial charge is 0.251 e. The summed E-state index contributed by atoms with van der Waals surface area (Å²) in [4.78, 5) is 12.2. The number of nitrogens with one attached hydrogen (secondary N) is 1. The molecule has 100 valence electrons. The molecule has 0 saturated carbocycles. The quantitative estimate of drug-likeness (QED) is 0.786. The number of hydrogen-bond donors (Lipinski definition) is 1. The molecule has 1 aromatic rings. The third-order valence-electron chi connectivity index (χ3n) is 2.83. The highest BCUT2D eigenvalue weighted by atomic mass is 79.9. The summed E-state index contributed by atoms with van der Waals surface area (Å²) in [5, 5.41) is 3.76. The fourth-order valence-electron chi connectivity index (χ4n) is 1.76. The lowest BCUT2D eigenvalue weighted by Gasteiger charge is -2.17. The van der Waals surface area contributed by atoms with Crippen molar-refractivity contribution in [3.8, 4) is 0 Å². The van der Waals surface area contributed by atoms with E-state index in [9.17, 15) is 4.79 Å². The van der Waals surface area contributed by atoms with E-state index in [0.717, 1.165) is 29.3 Å². The first-order valence-corrected chi connectivity index (χ1v) is 7.28. The van der Waals surface area contributed by atoms with Crippen LogP contribution >= 0.6 is 15.9 Å². The summed E-state index contributed by atoms with van der Waals surface area (Å²) in [5.41, 5.74) is 1.85. The number of rotatable bonds is 7. The summed E-state index contributed by atoms with van der Waals surface area (Å²) < 4.78 is 5.03. The van der Waals surface area contributed by atoms with Gasteiger partial charge in [0.15, 0.2) is 0 Å². The summed E-state index contributed by atoms with van der Waals surface area (Å²) in [6.45, 7) is 2.70. The molecule has 0 spiro atoms. The first-order chi connectivity index (χ1) is 8.72. The van der Waals surface area contributed by atoms with Crippen LogP contribution in [0.15, 0.2) is 24.3 Å². The van der Waals surface area contributed by atoms with Crippen molar-refractivity contribution in [2.24, 2.45) is 0 Å². The Morgan fingerprint density at radius 3 is 2.78 bits per heavy atom. The third-order valence-corrected chi connectivity index (χ3v) is 3.62. The normalized spacial score (nSPS) is 12.2. The summed E-state index contributed by atoms with van der Waals surface area (Å²) in [5.74, 6) is -0.00648. The maximum absolute atomic E-state index is 12.2. The van der Waals surface area contributed by atoms with Crippen LogP contribution in [0.3, 0.4) is 0 Å². The highest BCUT2D eigenvalue weighted by Gasteiger charge is 2.14. The molecule has 1 rings (SSSR count). The van der Waals surface area contributed by atoms with E-state index in [4.69, 9.17) is 4.74 Å². The van der Waals surface area contributed by atoms with E-state index in [1.807, 2.05) is 24.3 Å². The van der Waals surface area contributed by atoms with Crippen LogP contribution in [-0.4, -0.2) is 31.0 Å². The fraction of sp³-hybridized carbons (Fsp3) is 0.500. The Morgan fingerprint density at radius 2 is 2.17 bits per heavy atom. The average molecular weight is 314 g/mol. The highest BCUT2D eigenvalue weighted by molar-refractivity contribution is 9.09. The lowest BCUT2D eigenvalue weighted by molar-refractivity contribution is 0.0930. The number of hydrogen-bond acceptors (Lipinski definition) is 2. The second-order valence-corrected chi connectivity index (χ2v) is 4.76. The van der Waals surface area contributed by atoms with Gasteiger partial charge < -0.3 is 10.1 Å². The van der Waals surface area contributed by atoms with Gasteiger partial charge >= 0.3 is 0 Å². The first-order valence-electron chi connectivity index (χ1n) is 6.16. The van der Waals surface area contributed by atoms with Gasteiger partial charge in [-0.05, 0) is 24.5 Å². The molecular formula is C14H20BrNO2. The van der Waals surface area contributed by atoms with Crippen molar-refractivity contribution in [3.63, 3.8) is 0 Å². The molecule has 0 fully saturated rings. The average Bonchev–Trinajstić information content (AvgIpc) is 2.43. The molecule has 0 aromatic heterocycles. The maximum Gasteiger partial charge on any atom is 0.251 e. The zero-order valence-electron chi connectivity index (χ0n) is 10.9. The number of amides is 1. The Morgan fingerprint density at radius 1 is 1.44 bits per heavy atom. The van der Waals surface area contributed by atoms with E-state index in [1.165, 1.54) is 0 Å². The molecule has 1 unspecified atom stereocenters. The first kappa shape index (κ1) is 15.2. The van der Waals surface area contributed by atoms with Gasteiger partial charge in [-0.15, -0.1) is 0 Å². The topological polar surface area (TPSA) is 38.3 Å². The van der Waals surface area contributed by atoms with Gasteiger partial charge in [-0.2, -0.15) is 0 Å². The number of carbonyl (C=O) groups is 1. The van der Waals surface area contributed by atoms with Crippen molar-refractivity contribution in [3.05, 3.63) is 35.4 Å². The maximum atomic E-state index is 12.2. The predicted octanol–water partition coefficient (Wildman–Crippen LogP) is 2.78. The molecule has 1 N–H and O–H groups in total.